The monoisotopic (exact) mass is 531 g/mol. The molecule has 0 saturated carbocycles. The van der Waals surface area contributed by atoms with Crippen molar-refractivity contribution in [3.63, 3.8) is 0 Å². The fourth-order valence-electron chi connectivity index (χ4n) is 4.38. The minimum atomic E-state index is -0.323. The normalized spacial score (nSPS) is 18.0. The zero-order chi connectivity index (χ0) is 24.5. The predicted molar refractivity (Wildman–Crippen MR) is 142 cm³/mol. The van der Waals surface area contributed by atoms with E-state index in [1.54, 1.807) is 28.1 Å². The second kappa shape index (κ2) is 11.1. The number of piperazine rings is 1. The predicted octanol–water partition coefficient (Wildman–Crippen LogP) is 4.13. The Kier molecular flexibility index (Phi) is 8.07. The lowest BCUT2D eigenvalue weighted by atomic mass is 10.1. The van der Waals surface area contributed by atoms with Crippen LogP contribution in [0.4, 0.5) is 4.79 Å². The third-order valence-corrected chi connectivity index (χ3v) is 6.79. The number of hydrogen-bond donors (Lipinski definition) is 0. The van der Waals surface area contributed by atoms with E-state index < -0.39 is 0 Å². The Morgan fingerprint density at radius 2 is 2.03 bits per heavy atom. The van der Waals surface area contributed by atoms with Gasteiger partial charge in [0.2, 0.25) is 0 Å². The topological polar surface area (TPSA) is 89.8 Å². The summed E-state index contributed by atoms with van der Waals surface area (Å²) in [6, 6.07) is 7.33. The van der Waals surface area contributed by atoms with Crippen molar-refractivity contribution in [3.05, 3.63) is 47.2 Å². The molecular formula is C25H30ClN5O4S. The van der Waals surface area contributed by atoms with Gasteiger partial charge >= 0.3 is 6.09 Å². The Balaban J connectivity index is 0.00000304. The molecule has 5 rings (SSSR count). The van der Waals surface area contributed by atoms with Crippen LogP contribution in [-0.2, 0) is 9.47 Å². The first-order chi connectivity index (χ1) is 16.9. The molecule has 1 aromatic carbocycles. The summed E-state index contributed by atoms with van der Waals surface area (Å²) in [5.74, 6) is -0.0959. The highest BCUT2D eigenvalue weighted by molar-refractivity contribution is 7.59. The van der Waals surface area contributed by atoms with Gasteiger partial charge < -0.3 is 19.3 Å². The third kappa shape index (κ3) is 5.16. The van der Waals surface area contributed by atoms with E-state index in [4.69, 9.17) is 26.1 Å². The Morgan fingerprint density at radius 3 is 2.72 bits per heavy atom. The number of aromatic nitrogens is 3. The molecule has 0 bridgehead atoms. The van der Waals surface area contributed by atoms with Crippen LogP contribution in [0, 0.1) is 0 Å². The number of carbonyl (C=O) groups excluding carboxylic acids is 2. The average molecular weight is 532 g/mol. The molecule has 4 heterocycles. The Morgan fingerprint density at radius 1 is 1.22 bits per heavy atom. The number of ether oxygens (including phenoxy) is 2. The lowest BCUT2D eigenvalue weighted by molar-refractivity contribution is -0.0286. The standard InChI is InChI=1S/C25H28ClN5O4.H2S/c1-3-8-35-25(33)30-7-6-29(12-16(30)2)24(32)17-4-5-20-21(26)10-22(28-23(20)9-17)18-11-27-31(13-18)19-14-34-15-19;/h4-5,9-11,13,16,19H,3,6-8,12,14-15H2,1-2H3;1H2/t16-;/m0./s1. The van der Waals surface area contributed by atoms with Gasteiger partial charge in [0.05, 0.1) is 48.3 Å². The minimum absolute atomic E-state index is 0. The van der Waals surface area contributed by atoms with Gasteiger partial charge in [-0.1, -0.05) is 24.6 Å². The van der Waals surface area contributed by atoms with Gasteiger partial charge in [0, 0.05) is 48.4 Å². The molecule has 2 aliphatic rings. The van der Waals surface area contributed by atoms with E-state index in [1.807, 2.05) is 36.9 Å². The van der Waals surface area contributed by atoms with E-state index in [2.05, 4.69) is 5.10 Å². The van der Waals surface area contributed by atoms with Crippen molar-refractivity contribution in [1.29, 1.82) is 0 Å². The molecule has 0 unspecified atom stereocenters. The first-order valence-electron chi connectivity index (χ1n) is 11.9. The molecule has 9 nitrogen and oxygen atoms in total. The molecule has 1 atom stereocenters. The van der Waals surface area contributed by atoms with E-state index in [0.29, 0.717) is 61.3 Å². The Labute approximate surface area is 221 Å². The van der Waals surface area contributed by atoms with Crippen LogP contribution in [0.5, 0.6) is 0 Å². The molecule has 36 heavy (non-hydrogen) atoms. The van der Waals surface area contributed by atoms with E-state index in [-0.39, 0.29) is 37.6 Å². The second-order valence-electron chi connectivity index (χ2n) is 9.03. The first-order valence-corrected chi connectivity index (χ1v) is 12.3. The SMILES string of the molecule is CCCOC(=O)N1CCN(C(=O)c2ccc3c(Cl)cc(-c4cnn(C5COC5)c4)nc3c2)C[C@@H]1C.S. The van der Waals surface area contributed by atoms with Crippen molar-refractivity contribution in [1.82, 2.24) is 24.6 Å². The molecule has 2 saturated heterocycles. The minimum Gasteiger partial charge on any atom is -0.449 e. The van der Waals surface area contributed by atoms with Gasteiger partial charge in [-0.3, -0.25) is 9.48 Å². The maximum absolute atomic E-state index is 13.3. The molecule has 2 aliphatic heterocycles. The molecule has 3 aromatic rings. The zero-order valence-electron chi connectivity index (χ0n) is 20.3. The molecule has 0 radical (unpaired) electrons. The fourth-order valence-corrected chi connectivity index (χ4v) is 4.64. The summed E-state index contributed by atoms with van der Waals surface area (Å²) in [4.78, 5) is 33.8. The molecule has 11 heteroatoms. The van der Waals surface area contributed by atoms with Crippen molar-refractivity contribution < 1.29 is 19.1 Å². The number of hydrogen-bond acceptors (Lipinski definition) is 6. The van der Waals surface area contributed by atoms with Crippen molar-refractivity contribution in [2.45, 2.75) is 32.4 Å². The van der Waals surface area contributed by atoms with Gasteiger partial charge in [0.25, 0.3) is 5.91 Å². The van der Waals surface area contributed by atoms with Crippen LogP contribution in [0.2, 0.25) is 5.02 Å². The number of nitrogens with zero attached hydrogens (tertiary/aromatic N) is 5. The smallest absolute Gasteiger partial charge is 0.410 e. The molecule has 2 amide bonds. The van der Waals surface area contributed by atoms with Crippen LogP contribution in [0.15, 0.2) is 36.7 Å². The molecule has 0 spiro atoms. The third-order valence-electron chi connectivity index (χ3n) is 6.48. The Bertz CT molecular complexity index is 1260. The van der Waals surface area contributed by atoms with Crippen molar-refractivity contribution in [2.75, 3.05) is 39.5 Å². The highest BCUT2D eigenvalue weighted by Crippen LogP contribution is 2.30. The first kappa shape index (κ1) is 26.2. The lowest BCUT2D eigenvalue weighted by Crippen LogP contribution is -2.55. The summed E-state index contributed by atoms with van der Waals surface area (Å²) < 4.78 is 12.4. The second-order valence-corrected chi connectivity index (χ2v) is 9.44. The maximum atomic E-state index is 13.3. The van der Waals surface area contributed by atoms with Crippen molar-refractivity contribution in [2.24, 2.45) is 0 Å². The Hall–Kier alpha value is -2.82. The lowest BCUT2D eigenvalue weighted by Gasteiger charge is -2.39. The number of fused-ring (bicyclic) bond motifs is 1. The summed E-state index contributed by atoms with van der Waals surface area (Å²) >= 11 is 6.57. The van der Waals surface area contributed by atoms with Crippen molar-refractivity contribution >= 4 is 48.0 Å². The summed E-state index contributed by atoms with van der Waals surface area (Å²) in [5.41, 5.74) is 2.74. The van der Waals surface area contributed by atoms with Crippen LogP contribution in [0.1, 0.15) is 36.7 Å². The summed E-state index contributed by atoms with van der Waals surface area (Å²) in [6.45, 7) is 6.92. The summed E-state index contributed by atoms with van der Waals surface area (Å²) in [7, 11) is 0. The maximum Gasteiger partial charge on any atom is 0.410 e. The van der Waals surface area contributed by atoms with Crippen LogP contribution in [0.3, 0.4) is 0 Å². The number of pyridine rings is 1. The molecule has 0 aliphatic carbocycles. The highest BCUT2D eigenvalue weighted by Gasteiger charge is 2.31. The van der Waals surface area contributed by atoms with Gasteiger partial charge in [0.15, 0.2) is 0 Å². The molecular weight excluding hydrogens is 502 g/mol. The van der Waals surface area contributed by atoms with E-state index in [0.717, 1.165) is 17.4 Å². The van der Waals surface area contributed by atoms with Crippen molar-refractivity contribution in [3.8, 4) is 11.3 Å². The highest BCUT2D eigenvalue weighted by atomic mass is 35.5. The average Bonchev–Trinajstić information content (AvgIpc) is 3.30. The molecule has 192 valence electrons. The van der Waals surface area contributed by atoms with E-state index >= 15 is 0 Å². The van der Waals surface area contributed by atoms with Gasteiger partial charge in [-0.05, 0) is 31.5 Å². The van der Waals surface area contributed by atoms with Crippen LogP contribution in [-0.4, -0.2) is 82.1 Å². The van der Waals surface area contributed by atoms with E-state index in [1.165, 1.54) is 0 Å². The van der Waals surface area contributed by atoms with Gasteiger partial charge in [0.1, 0.15) is 0 Å². The van der Waals surface area contributed by atoms with Gasteiger partial charge in [-0.2, -0.15) is 18.6 Å². The number of amides is 2. The van der Waals surface area contributed by atoms with Gasteiger partial charge in [-0.15, -0.1) is 0 Å². The van der Waals surface area contributed by atoms with Crippen LogP contribution >= 0.6 is 25.1 Å². The van der Waals surface area contributed by atoms with Crippen LogP contribution < -0.4 is 0 Å². The number of halogens is 1. The zero-order valence-corrected chi connectivity index (χ0v) is 22.1. The van der Waals surface area contributed by atoms with Crippen LogP contribution in [0.25, 0.3) is 22.2 Å². The molecule has 0 N–H and O–H groups in total. The fraction of sp³-hybridized carbons (Fsp3) is 0.440. The number of carbonyl (C=O) groups is 2. The summed E-state index contributed by atoms with van der Waals surface area (Å²) in [5, 5.41) is 5.78. The van der Waals surface area contributed by atoms with Gasteiger partial charge in [-0.25, -0.2) is 9.78 Å². The quantitative estimate of drug-likeness (QED) is 0.492. The molecule has 2 fully saturated rings. The summed E-state index contributed by atoms with van der Waals surface area (Å²) in [6.07, 6.45) is 4.16. The van der Waals surface area contributed by atoms with E-state index in [9.17, 15) is 9.59 Å². The number of rotatable bonds is 5. The molecule has 2 aromatic heterocycles. The number of benzene rings is 1. The largest absolute Gasteiger partial charge is 0.449 e.